The van der Waals surface area contributed by atoms with Crippen LogP contribution in [0, 0.1) is 0 Å². The number of carboxylic acids is 1. The Morgan fingerprint density at radius 1 is 0.800 bits per heavy atom. The molecule has 0 aliphatic heterocycles. The molecule has 0 radical (unpaired) electrons. The number of esters is 1. The molecule has 0 saturated carbocycles. The molecule has 0 aliphatic carbocycles. The maximum absolute atomic E-state index is 11.6. The van der Waals surface area contributed by atoms with Gasteiger partial charge in [0, 0.05) is 11.5 Å². The number of hydrogen-bond donors (Lipinski definition) is 1. The Morgan fingerprint density at radius 2 is 1.32 bits per heavy atom. The van der Waals surface area contributed by atoms with Gasteiger partial charge in [0.1, 0.15) is 0 Å². The summed E-state index contributed by atoms with van der Waals surface area (Å²) in [6, 6.07) is 0. The lowest BCUT2D eigenvalue weighted by Crippen LogP contribution is -2.06. The molecule has 0 aromatic rings. The summed E-state index contributed by atoms with van der Waals surface area (Å²) in [5.41, 5.74) is 0. The van der Waals surface area contributed by atoms with Crippen LogP contribution < -0.4 is 0 Å². The van der Waals surface area contributed by atoms with E-state index in [9.17, 15) is 9.59 Å². The molecule has 148 valence electrons. The van der Waals surface area contributed by atoms with Crippen LogP contribution in [0.1, 0.15) is 84.0 Å². The average Bonchev–Trinajstić information content (AvgIpc) is 2.58. The summed E-state index contributed by atoms with van der Waals surface area (Å²) >= 11 is 0. The molecule has 4 nitrogen and oxygen atoms in total. The van der Waals surface area contributed by atoms with Gasteiger partial charge in [-0.15, -0.1) is 0 Å². The lowest BCUT2D eigenvalue weighted by atomic mass is 10.1. The van der Waals surface area contributed by atoms with E-state index < -0.39 is 5.97 Å². The third kappa shape index (κ3) is 21.9. The largest absolute Gasteiger partial charge is 0.481 e. The van der Waals surface area contributed by atoms with Crippen LogP contribution in [0.4, 0.5) is 0 Å². The number of rotatable bonds is 19. The van der Waals surface area contributed by atoms with Crippen molar-refractivity contribution < 1.29 is 19.4 Å². The van der Waals surface area contributed by atoms with Crippen LogP contribution in [0.25, 0.3) is 0 Å². The van der Waals surface area contributed by atoms with E-state index in [-0.39, 0.29) is 12.4 Å². The van der Waals surface area contributed by atoms with Crippen molar-refractivity contribution in [2.24, 2.45) is 0 Å². The highest BCUT2D eigenvalue weighted by Crippen LogP contribution is 2.35. The van der Waals surface area contributed by atoms with Crippen molar-refractivity contribution in [2.75, 3.05) is 18.1 Å². The Hall–Kier alpha value is -0.0100. The Balaban J connectivity index is 3.16. The van der Waals surface area contributed by atoms with Crippen molar-refractivity contribution in [3.63, 3.8) is 0 Å². The number of unbranched alkanes of at least 4 members (excludes halogenated alkanes) is 9. The molecular formula is C18H34O4S3. The van der Waals surface area contributed by atoms with E-state index >= 15 is 0 Å². The van der Waals surface area contributed by atoms with Gasteiger partial charge in [-0.25, -0.2) is 0 Å². The second-order valence-corrected chi connectivity index (χ2v) is 10.5. The van der Waals surface area contributed by atoms with Gasteiger partial charge >= 0.3 is 11.9 Å². The normalized spacial score (nSPS) is 10.8. The molecule has 0 fully saturated rings. The zero-order valence-corrected chi connectivity index (χ0v) is 18.0. The van der Waals surface area contributed by atoms with Crippen LogP contribution in [0.3, 0.4) is 0 Å². The smallest absolute Gasteiger partial charge is 0.306 e. The Labute approximate surface area is 164 Å². The van der Waals surface area contributed by atoms with Crippen LogP contribution in [0.2, 0.25) is 0 Å². The van der Waals surface area contributed by atoms with Crippen molar-refractivity contribution in [3.05, 3.63) is 0 Å². The van der Waals surface area contributed by atoms with Gasteiger partial charge in [0.2, 0.25) is 0 Å². The van der Waals surface area contributed by atoms with Crippen molar-refractivity contribution in [1.82, 2.24) is 0 Å². The number of carboxylic acid groups (broad SMARTS) is 1. The first-order valence-corrected chi connectivity index (χ1v) is 13.3. The van der Waals surface area contributed by atoms with Gasteiger partial charge in [-0.05, 0) is 16.2 Å². The van der Waals surface area contributed by atoms with Crippen molar-refractivity contribution >= 4 is 43.4 Å². The maximum Gasteiger partial charge on any atom is 0.306 e. The average molecular weight is 411 g/mol. The highest BCUT2D eigenvalue weighted by Gasteiger charge is 2.03. The first kappa shape index (κ1) is 25.0. The van der Waals surface area contributed by atoms with Crippen molar-refractivity contribution in [3.8, 4) is 0 Å². The molecule has 0 spiro atoms. The minimum absolute atomic E-state index is 0.125. The van der Waals surface area contributed by atoms with Crippen LogP contribution in [0.5, 0.6) is 0 Å². The second kappa shape index (κ2) is 20.3. The number of ether oxygens (including phenoxy) is 1. The highest BCUT2D eigenvalue weighted by atomic mass is 33.5. The molecule has 0 aromatic carbocycles. The van der Waals surface area contributed by atoms with Crippen LogP contribution >= 0.6 is 31.4 Å². The van der Waals surface area contributed by atoms with Gasteiger partial charge in [0.15, 0.2) is 0 Å². The molecule has 0 rings (SSSR count). The van der Waals surface area contributed by atoms with Crippen LogP contribution in [-0.2, 0) is 14.3 Å². The van der Waals surface area contributed by atoms with Gasteiger partial charge < -0.3 is 9.84 Å². The first-order valence-electron chi connectivity index (χ1n) is 9.45. The fourth-order valence-corrected chi connectivity index (χ4v) is 5.87. The lowest BCUT2D eigenvalue weighted by molar-refractivity contribution is -0.143. The molecule has 1 N–H and O–H groups in total. The summed E-state index contributed by atoms with van der Waals surface area (Å²) in [5.74, 6) is 0.408. The molecule has 0 unspecified atom stereocenters. The monoisotopic (exact) mass is 410 g/mol. The molecule has 25 heavy (non-hydrogen) atoms. The Bertz CT molecular complexity index is 327. The lowest BCUT2D eigenvalue weighted by Gasteiger charge is -2.05. The molecule has 0 bridgehead atoms. The fraction of sp³-hybridized carbons (Fsp3) is 0.889. The third-order valence-corrected chi connectivity index (χ3v) is 7.89. The highest BCUT2D eigenvalue weighted by molar-refractivity contribution is 9.09. The number of carbonyl (C=O) groups is 2. The maximum atomic E-state index is 11.6. The van der Waals surface area contributed by atoms with Gasteiger partial charge in [-0.2, -0.15) is 0 Å². The summed E-state index contributed by atoms with van der Waals surface area (Å²) in [7, 11) is 4.64. The summed E-state index contributed by atoms with van der Waals surface area (Å²) in [4.78, 5) is 21.9. The van der Waals surface area contributed by atoms with E-state index in [0.717, 1.165) is 12.8 Å². The van der Waals surface area contributed by atoms with Crippen molar-refractivity contribution in [2.45, 2.75) is 84.0 Å². The molecule has 0 aliphatic rings. The van der Waals surface area contributed by atoms with Crippen molar-refractivity contribution in [1.29, 1.82) is 0 Å². The van der Waals surface area contributed by atoms with E-state index in [1.54, 1.807) is 20.6 Å². The SMILES string of the molecule is CCCCCCCCCCCCOC(=O)CCSSSCCC(=O)O. The van der Waals surface area contributed by atoms with Crippen LogP contribution in [-0.4, -0.2) is 35.2 Å². The van der Waals surface area contributed by atoms with E-state index in [2.05, 4.69) is 6.92 Å². The third-order valence-electron chi connectivity index (χ3n) is 3.65. The molecule has 0 saturated heterocycles. The van der Waals surface area contributed by atoms with Gasteiger partial charge in [-0.1, -0.05) is 86.3 Å². The second-order valence-electron chi connectivity index (χ2n) is 6.01. The molecule has 0 amide bonds. The molecular weight excluding hydrogens is 376 g/mol. The summed E-state index contributed by atoms with van der Waals surface area (Å²) in [6.07, 6.45) is 13.4. The zero-order chi connectivity index (χ0) is 18.6. The predicted molar refractivity (Wildman–Crippen MR) is 112 cm³/mol. The predicted octanol–water partition coefficient (Wildman–Crippen LogP) is 6.34. The quantitative estimate of drug-likeness (QED) is 0.151. The summed E-state index contributed by atoms with van der Waals surface area (Å²) < 4.78 is 5.23. The number of hydrogen-bond acceptors (Lipinski definition) is 6. The number of aliphatic carboxylic acids is 1. The summed E-state index contributed by atoms with van der Waals surface area (Å²) in [5, 5.41) is 8.50. The van der Waals surface area contributed by atoms with Gasteiger partial charge in [0.25, 0.3) is 0 Å². The molecule has 0 heterocycles. The minimum atomic E-state index is -0.770. The van der Waals surface area contributed by atoms with E-state index in [0.29, 0.717) is 24.5 Å². The first-order chi connectivity index (χ1) is 12.2. The topological polar surface area (TPSA) is 63.6 Å². The summed E-state index contributed by atoms with van der Waals surface area (Å²) in [6.45, 7) is 2.79. The standard InChI is InChI=1S/C18H34O4S3/c1-2-3-4-5-6-7-8-9-10-11-14-22-18(21)13-16-24-25-23-15-12-17(19)20/h2-16H2,1H3,(H,19,20). The van der Waals surface area contributed by atoms with E-state index in [1.807, 2.05) is 0 Å². The Kier molecular flexibility index (Phi) is 20.3. The van der Waals surface area contributed by atoms with Crippen LogP contribution in [0.15, 0.2) is 0 Å². The molecule has 7 heteroatoms. The van der Waals surface area contributed by atoms with Gasteiger partial charge in [-0.3, -0.25) is 9.59 Å². The van der Waals surface area contributed by atoms with E-state index in [4.69, 9.17) is 9.84 Å². The molecule has 0 atom stereocenters. The fourth-order valence-electron chi connectivity index (χ4n) is 2.20. The van der Waals surface area contributed by atoms with E-state index in [1.165, 1.54) is 62.2 Å². The van der Waals surface area contributed by atoms with Gasteiger partial charge in [0.05, 0.1) is 19.4 Å². The number of carbonyl (C=O) groups excluding carboxylic acids is 1. The molecule has 0 aromatic heterocycles. The zero-order valence-electron chi connectivity index (χ0n) is 15.5. The Morgan fingerprint density at radius 3 is 1.88 bits per heavy atom. The minimum Gasteiger partial charge on any atom is -0.481 e.